The molecule has 0 amide bonds. The van der Waals surface area contributed by atoms with Crippen LogP contribution in [-0.4, -0.2) is 25.2 Å². The van der Waals surface area contributed by atoms with Crippen LogP contribution in [0.15, 0.2) is 58.1 Å². The molecule has 1 aliphatic rings. The van der Waals surface area contributed by atoms with Gasteiger partial charge >= 0.3 is 16.0 Å². The number of sulfonamides is 1. The van der Waals surface area contributed by atoms with Gasteiger partial charge in [-0.25, -0.2) is 9.89 Å². The lowest BCUT2D eigenvalue weighted by molar-refractivity contribution is -0.338. The summed E-state index contributed by atoms with van der Waals surface area (Å²) in [6, 6.07) is 5.85. The fourth-order valence-corrected chi connectivity index (χ4v) is 2.69. The van der Waals surface area contributed by atoms with E-state index < -0.39 is 10.0 Å². The molecule has 1 aliphatic heterocycles. The molecule has 5 nitrogen and oxygen atoms in total. The Morgan fingerprint density at radius 1 is 1.35 bits per heavy atom. The molecule has 0 radical (unpaired) electrons. The highest BCUT2D eigenvalue weighted by molar-refractivity contribution is 7.90. The third-order valence-corrected chi connectivity index (χ3v) is 4.12. The Balaban J connectivity index is 2.42. The Bertz CT molecular complexity index is 731. The highest BCUT2D eigenvalue weighted by Gasteiger charge is 2.27. The normalized spacial score (nSPS) is 19.0. The molecule has 0 unspecified atom stereocenters. The Morgan fingerprint density at radius 3 is 2.60 bits per heavy atom. The van der Waals surface area contributed by atoms with Crippen LogP contribution in [0.25, 0.3) is 0 Å². The van der Waals surface area contributed by atoms with Gasteiger partial charge in [-0.1, -0.05) is 18.2 Å². The minimum Gasteiger partial charge on any atom is -0.244 e. The van der Waals surface area contributed by atoms with Gasteiger partial charge in [0, 0.05) is 9.42 Å². The highest BCUT2D eigenvalue weighted by Crippen LogP contribution is 2.17. The Morgan fingerprint density at radius 2 is 2.00 bits per heavy atom. The molecule has 0 spiro atoms. The lowest BCUT2D eigenvalue weighted by atomic mass is 10.4. The maximum Gasteiger partial charge on any atom is 0.413 e. The maximum absolute atomic E-state index is 12.2. The minimum absolute atomic E-state index is 0.0827. The van der Waals surface area contributed by atoms with Crippen LogP contribution in [0.2, 0.25) is 5.02 Å². The highest BCUT2D eigenvalue weighted by atomic mass is 35.5. The first-order valence-corrected chi connectivity index (χ1v) is 7.55. The van der Waals surface area contributed by atoms with Crippen molar-refractivity contribution >= 4 is 33.8 Å². The summed E-state index contributed by atoms with van der Waals surface area (Å²) in [4.78, 5) is 0.0827. The standard InChI is InChI=1S/C13H13ClN3O2S/c1-3-8-17-10(2)9-15-13(17)16-20(18,19)12-6-4-11(14)5-7-12/h3-9H,1H2,2H3,(H,15,16)/q+1/b17-8+. The van der Waals surface area contributed by atoms with Gasteiger partial charge in [-0.2, -0.15) is 8.42 Å². The molecule has 20 heavy (non-hydrogen) atoms. The molecule has 0 atom stereocenters. The van der Waals surface area contributed by atoms with Gasteiger partial charge in [-0.3, -0.25) is 0 Å². The number of guanidine groups is 1. The molecule has 2 rings (SSSR count). The topological polar surface area (TPSA) is 61.5 Å². The molecule has 0 aromatic heterocycles. The van der Waals surface area contributed by atoms with Crippen molar-refractivity contribution in [2.24, 2.45) is 4.40 Å². The Hall–Kier alpha value is -1.92. The van der Waals surface area contributed by atoms with Gasteiger partial charge in [0.15, 0.2) is 0 Å². The zero-order chi connectivity index (χ0) is 14.8. The average Bonchev–Trinajstić information content (AvgIpc) is 2.72. The fraction of sp³-hybridized carbons (Fsp3) is 0.0769. The van der Waals surface area contributed by atoms with Crippen LogP contribution in [0.5, 0.6) is 0 Å². The monoisotopic (exact) mass is 310 g/mol. The molecule has 0 saturated heterocycles. The lowest BCUT2D eigenvalue weighted by Gasteiger charge is -1.99. The molecule has 1 N–H and O–H groups in total. The summed E-state index contributed by atoms with van der Waals surface area (Å²) in [7, 11) is -3.80. The zero-order valence-corrected chi connectivity index (χ0v) is 12.3. The summed E-state index contributed by atoms with van der Waals surface area (Å²) in [5.74, 6) is 0.206. The van der Waals surface area contributed by atoms with Crippen LogP contribution in [0.3, 0.4) is 0 Å². The van der Waals surface area contributed by atoms with Crippen molar-refractivity contribution in [1.29, 1.82) is 0 Å². The molecule has 104 valence electrons. The number of halogens is 1. The molecule has 0 fully saturated rings. The maximum atomic E-state index is 12.2. The van der Waals surface area contributed by atoms with Gasteiger partial charge < -0.3 is 0 Å². The minimum atomic E-state index is -3.80. The largest absolute Gasteiger partial charge is 0.413 e. The quantitative estimate of drug-likeness (QED) is 0.870. The zero-order valence-electron chi connectivity index (χ0n) is 10.7. The molecule has 7 heteroatoms. The lowest BCUT2D eigenvalue weighted by Crippen LogP contribution is -2.25. The van der Waals surface area contributed by atoms with Crippen LogP contribution in [0.1, 0.15) is 6.92 Å². The van der Waals surface area contributed by atoms with Crippen LogP contribution in [0, 0.1) is 0 Å². The SMILES string of the molecule is C=C/C=[N+]1\C(C)=CNC1=NS(=O)(=O)c1ccc(Cl)cc1. The third-order valence-electron chi connectivity index (χ3n) is 2.59. The van der Waals surface area contributed by atoms with E-state index in [1.807, 2.05) is 6.92 Å². The summed E-state index contributed by atoms with van der Waals surface area (Å²) < 4.78 is 29.8. The first kappa shape index (κ1) is 14.5. The fourth-order valence-electron chi connectivity index (χ4n) is 1.61. The van der Waals surface area contributed by atoms with E-state index in [9.17, 15) is 8.42 Å². The molecule has 1 heterocycles. The van der Waals surface area contributed by atoms with E-state index in [1.165, 1.54) is 24.3 Å². The molecule has 0 bridgehead atoms. The van der Waals surface area contributed by atoms with Crippen LogP contribution in [-0.2, 0) is 10.0 Å². The Kier molecular flexibility index (Phi) is 4.06. The first-order valence-electron chi connectivity index (χ1n) is 5.73. The summed E-state index contributed by atoms with van der Waals surface area (Å²) in [5, 5.41) is 3.28. The number of allylic oxidation sites excluding steroid dienone is 2. The number of hydrogen-bond donors (Lipinski definition) is 1. The number of nitrogens with zero attached hydrogens (tertiary/aromatic N) is 2. The third kappa shape index (κ3) is 2.97. The van der Waals surface area contributed by atoms with Crippen LogP contribution >= 0.6 is 11.6 Å². The van der Waals surface area contributed by atoms with Crippen molar-refractivity contribution < 1.29 is 13.0 Å². The van der Waals surface area contributed by atoms with E-state index in [-0.39, 0.29) is 10.9 Å². The van der Waals surface area contributed by atoms with Crippen molar-refractivity contribution in [3.63, 3.8) is 0 Å². The summed E-state index contributed by atoms with van der Waals surface area (Å²) in [6.07, 6.45) is 4.84. The van der Waals surface area contributed by atoms with Gasteiger partial charge in [0.2, 0.25) is 0 Å². The second-order valence-electron chi connectivity index (χ2n) is 4.03. The summed E-state index contributed by atoms with van der Waals surface area (Å²) >= 11 is 5.74. The van der Waals surface area contributed by atoms with E-state index in [0.29, 0.717) is 5.02 Å². The second kappa shape index (κ2) is 5.60. The van der Waals surface area contributed by atoms with E-state index in [2.05, 4.69) is 16.3 Å². The molecule has 1 aromatic carbocycles. The van der Waals surface area contributed by atoms with E-state index in [0.717, 1.165) is 5.70 Å². The first-order chi connectivity index (χ1) is 9.44. The number of rotatable bonds is 3. The molecular formula is C13H13ClN3O2S+. The van der Waals surface area contributed by atoms with Gasteiger partial charge in [-0.15, -0.1) is 0 Å². The van der Waals surface area contributed by atoms with Crippen molar-refractivity contribution in [2.45, 2.75) is 11.8 Å². The van der Waals surface area contributed by atoms with Crippen molar-refractivity contribution in [3.8, 4) is 0 Å². The second-order valence-corrected chi connectivity index (χ2v) is 6.07. The number of hydrogen-bond acceptors (Lipinski definition) is 2. The summed E-state index contributed by atoms with van der Waals surface area (Å²) in [6.45, 7) is 5.41. The van der Waals surface area contributed by atoms with Crippen LogP contribution < -0.4 is 5.32 Å². The predicted molar refractivity (Wildman–Crippen MR) is 79.5 cm³/mol. The van der Waals surface area contributed by atoms with Gasteiger partial charge in [0.1, 0.15) is 10.6 Å². The Labute approximate surface area is 122 Å². The van der Waals surface area contributed by atoms with Crippen molar-refractivity contribution in [3.05, 3.63) is 53.8 Å². The molecule has 0 aliphatic carbocycles. The van der Waals surface area contributed by atoms with Gasteiger partial charge in [0.05, 0.1) is 12.4 Å². The molecule has 1 aromatic rings. The van der Waals surface area contributed by atoms with E-state index in [4.69, 9.17) is 11.6 Å². The van der Waals surface area contributed by atoms with Crippen molar-refractivity contribution in [2.75, 3.05) is 0 Å². The number of benzene rings is 1. The summed E-state index contributed by atoms with van der Waals surface area (Å²) in [5.41, 5.74) is 0.815. The smallest absolute Gasteiger partial charge is 0.244 e. The average molecular weight is 311 g/mol. The predicted octanol–water partition coefficient (Wildman–Crippen LogP) is 2.12. The molecule has 0 saturated carbocycles. The molecular weight excluding hydrogens is 298 g/mol. The van der Waals surface area contributed by atoms with E-state index >= 15 is 0 Å². The van der Waals surface area contributed by atoms with Gasteiger partial charge in [-0.05, 0) is 37.3 Å². The van der Waals surface area contributed by atoms with Crippen molar-refractivity contribution in [1.82, 2.24) is 5.32 Å². The van der Waals surface area contributed by atoms with E-state index in [1.54, 1.807) is 23.1 Å². The number of nitrogens with one attached hydrogen (secondary N) is 1. The van der Waals surface area contributed by atoms with Gasteiger partial charge in [0.25, 0.3) is 0 Å². The van der Waals surface area contributed by atoms with Crippen LogP contribution in [0.4, 0.5) is 0 Å².